The Labute approximate surface area is 109 Å². The van der Waals surface area contributed by atoms with Crippen LogP contribution < -0.4 is 5.32 Å². The smallest absolute Gasteiger partial charge is 0.201 e. The third-order valence-corrected chi connectivity index (χ3v) is 2.83. The highest BCUT2D eigenvalue weighted by Crippen LogP contribution is 2.16. The van der Waals surface area contributed by atoms with Crippen molar-refractivity contribution >= 4 is 28.6 Å². The van der Waals surface area contributed by atoms with Crippen molar-refractivity contribution in [2.75, 3.05) is 24.9 Å². The summed E-state index contributed by atoms with van der Waals surface area (Å²) in [7, 11) is 1.64. The highest BCUT2D eigenvalue weighted by atomic mass is 35.5. The fourth-order valence-corrected chi connectivity index (χ4v) is 2.04. The largest absolute Gasteiger partial charge is 0.383 e. The maximum atomic E-state index is 13.0. The predicted octanol–water partition coefficient (Wildman–Crippen LogP) is 2.76. The van der Waals surface area contributed by atoms with Gasteiger partial charge < -0.3 is 15.0 Å². The van der Waals surface area contributed by atoms with Gasteiger partial charge in [-0.3, -0.25) is 0 Å². The van der Waals surface area contributed by atoms with Crippen LogP contribution in [-0.2, 0) is 4.74 Å². The number of aromatic nitrogens is 2. The topological polar surface area (TPSA) is 49.9 Å². The number of nitrogens with one attached hydrogen (secondary N) is 2. The molecule has 2 aromatic rings. The molecular weight excluding hydrogens is 257 g/mol. The average molecular weight is 272 g/mol. The first kappa shape index (κ1) is 13.1. The minimum atomic E-state index is -0.285. The van der Waals surface area contributed by atoms with Crippen LogP contribution in [0.1, 0.15) is 6.42 Å². The average Bonchev–Trinajstić information content (AvgIpc) is 2.71. The summed E-state index contributed by atoms with van der Waals surface area (Å²) in [5.74, 6) is 0.852. The highest BCUT2D eigenvalue weighted by molar-refractivity contribution is 6.17. The summed E-state index contributed by atoms with van der Waals surface area (Å²) in [5.41, 5.74) is 1.39. The zero-order valence-corrected chi connectivity index (χ0v) is 10.8. The normalized spacial score (nSPS) is 12.8. The summed E-state index contributed by atoms with van der Waals surface area (Å²) >= 11 is 5.72. The van der Waals surface area contributed by atoms with Crippen LogP contribution in [-0.4, -0.2) is 35.6 Å². The summed E-state index contributed by atoms with van der Waals surface area (Å²) < 4.78 is 18.1. The summed E-state index contributed by atoms with van der Waals surface area (Å²) in [6.45, 7) is 0.540. The second-order valence-electron chi connectivity index (χ2n) is 4.02. The van der Waals surface area contributed by atoms with E-state index >= 15 is 0 Å². The van der Waals surface area contributed by atoms with E-state index in [9.17, 15) is 4.39 Å². The van der Waals surface area contributed by atoms with Crippen LogP contribution in [0.25, 0.3) is 11.0 Å². The van der Waals surface area contributed by atoms with Crippen molar-refractivity contribution in [2.24, 2.45) is 0 Å². The number of anilines is 1. The Morgan fingerprint density at radius 3 is 3.11 bits per heavy atom. The van der Waals surface area contributed by atoms with E-state index in [0.717, 1.165) is 11.9 Å². The van der Waals surface area contributed by atoms with Gasteiger partial charge in [-0.05, 0) is 24.6 Å². The molecule has 1 aromatic heterocycles. The number of H-pyrrole nitrogens is 1. The molecule has 18 heavy (non-hydrogen) atoms. The number of benzene rings is 1. The van der Waals surface area contributed by atoms with Gasteiger partial charge in [-0.15, -0.1) is 11.6 Å². The number of fused-ring (bicyclic) bond motifs is 1. The Bertz CT molecular complexity index is 511. The second-order valence-corrected chi connectivity index (χ2v) is 4.40. The fraction of sp³-hybridized carbons (Fsp3) is 0.417. The first-order valence-corrected chi connectivity index (χ1v) is 6.23. The van der Waals surface area contributed by atoms with Gasteiger partial charge in [0.25, 0.3) is 0 Å². The van der Waals surface area contributed by atoms with Gasteiger partial charge in [-0.1, -0.05) is 0 Å². The standard InChI is InChI=1S/C12H15ClFN3O/c1-18-7-9(4-5-13)15-12-16-10-3-2-8(14)6-11(10)17-12/h2-3,6,9H,4-5,7H2,1H3,(H2,15,16,17). The Morgan fingerprint density at radius 2 is 2.39 bits per heavy atom. The van der Waals surface area contributed by atoms with Gasteiger partial charge >= 0.3 is 0 Å². The van der Waals surface area contributed by atoms with E-state index in [1.54, 1.807) is 13.2 Å². The summed E-state index contributed by atoms with van der Waals surface area (Å²) in [6.07, 6.45) is 0.765. The molecule has 0 saturated carbocycles. The third-order valence-electron chi connectivity index (χ3n) is 2.61. The first-order chi connectivity index (χ1) is 8.72. The first-order valence-electron chi connectivity index (χ1n) is 5.69. The molecule has 0 fully saturated rings. The van der Waals surface area contributed by atoms with Crippen molar-refractivity contribution in [3.05, 3.63) is 24.0 Å². The van der Waals surface area contributed by atoms with E-state index in [-0.39, 0.29) is 11.9 Å². The summed E-state index contributed by atoms with van der Waals surface area (Å²) in [4.78, 5) is 7.35. The van der Waals surface area contributed by atoms with Crippen molar-refractivity contribution in [1.29, 1.82) is 0 Å². The second kappa shape index (κ2) is 6.02. The minimum Gasteiger partial charge on any atom is -0.383 e. The number of hydrogen-bond acceptors (Lipinski definition) is 3. The molecule has 1 heterocycles. The Hall–Kier alpha value is -1.33. The van der Waals surface area contributed by atoms with E-state index in [2.05, 4.69) is 15.3 Å². The van der Waals surface area contributed by atoms with Gasteiger partial charge in [-0.2, -0.15) is 0 Å². The number of alkyl halides is 1. The molecule has 0 bridgehead atoms. The maximum absolute atomic E-state index is 13.0. The molecule has 2 N–H and O–H groups in total. The molecule has 2 rings (SSSR count). The zero-order valence-electron chi connectivity index (χ0n) is 10.0. The lowest BCUT2D eigenvalue weighted by Gasteiger charge is -2.15. The molecule has 0 amide bonds. The van der Waals surface area contributed by atoms with Crippen molar-refractivity contribution in [3.8, 4) is 0 Å². The predicted molar refractivity (Wildman–Crippen MR) is 70.7 cm³/mol. The molecule has 1 aromatic carbocycles. The van der Waals surface area contributed by atoms with Crippen LogP contribution in [0.5, 0.6) is 0 Å². The number of hydrogen-bond donors (Lipinski definition) is 2. The minimum absolute atomic E-state index is 0.0814. The van der Waals surface area contributed by atoms with E-state index in [4.69, 9.17) is 16.3 Å². The van der Waals surface area contributed by atoms with Gasteiger partial charge in [0.2, 0.25) is 5.95 Å². The number of nitrogens with zero attached hydrogens (tertiary/aromatic N) is 1. The molecule has 0 saturated heterocycles. The zero-order chi connectivity index (χ0) is 13.0. The van der Waals surface area contributed by atoms with E-state index in [1.165, 1.54) is 12.1 Å². The molecule has 4 nitrogen and oxygen atoms in total. The molecule has 0 aliphatic carbocycles. The monoisotopic (exact) mass is 271 g/mol. The molecule has 6 heteroatoms. The summed E-state index contributed by atoms with van der Waals surface area (Å²) in [6, 6.07) is 4.52. The van der Waals surface area contributed by atoms with Crippen LogP contribution >= 0.6 is 11.6 Å². The molecular formula is C12H15ClFN3O. The SMILES string of the molecule is COCC(CCCl)Nc1nc2ccc(F)cc2[nH]1. The van der Waals surface area contributed by atoms with Crippen LogP contribution in [0.4, 0.5) is 10.3 Å². The third kappa shape index (κ3) is 3.11. The number of methoxy groups -OCH3 is 1. The number of ether oxygens (including phenoxy) is 1. The lowest BCUT2D eigenvalue weighted by molar-refractivity contribution is 0.184. The molecule has 1 unspecified atom stereocenters. The number of aromatic amines is 1. The van der Waals surface area contributed by atoms with Crippen molar-refractivity contribution < 1.29 is 9.13 Å². The quantitative estimate of drug-likeness (QED) is 0.795. The van der Waals surface area contributed by atoms with Crippen LogP contribution in [0.3, 0.4) is 0 Å². The molecule has 98 valence electrons. The lowest BCUT2D eigenvalue weighted by Crippen LogP contribution is -2.26. The molecule has 0 aliphatic heterocycles. The highest BCUT2D eigenvalue weighted by Gasteiger charge is 2.10. The Morgan fingerprint density at radius 1 is 1.56 bits per heavy atom. The van der Waals surface area contributed by atoms with Gasteiger partial charge in [0.05, 0.1) is 23.7 Å². The van der Waals surface area contributed by atoms with Crippen LogP contribution in [0.15, 0.2) is 18.2 Å². The number of halogens is 2. The van der Waals surface area contributed by atoms with Gasteiger partial charge in [0.15, 0.2) is 0 Å². The maximum Gasteiger partial charge on any atom is 0.201 e. The van der Waals surface area contributed by atoms with Crippen molar-refractivity contribution in [2.45, 2.75) is 12.5 Å². The van der Waals surface area contributed by atoms with Gasteiger partial charge in [0, 0.05) is 13.0 Å². The van der Waals surface area contributed by atoms with Crippen molar-refractivity contribution in [1.82, 2.24) is 9.97 Å². The van der Waals surface area contributed by atoms with Crippen LogP contribution in [0, 0.1) is 5.82 Å². The molecule has 1 atom stereocenters. The fourth-order valence-electron chi connectivity index (χ4n) is 1.77. The van der Waals surface area contributed by atoms with Crippen LogP contribution in [0.2, 0.25) is 0 Å². The molecule has 0 spiro atoms. The number of imidazole rings is 1. The van der Waals surface area contributed by atoms with E-state index in [1.807, 2.05) is 0 Å². The number of rotatable bonds is 6. The molecule has 0 radical (unpaired) electrons. The van der Waals surface area contributed by atoms with Gasteiger partial charge in [-0.25, -0.2) is 9.37 Å². The summed E-state index contributed by atoms with van der Waals surface area (Å²) in [5, 5.41) is 3.19. The van der Waals surface area contributed by atoms with Crippen molar-refractivity contribution in [3.63, 3.8) is 0 Å². The lowest BCUT2D eigenvalue weighted by atomic mass is 10.2. The van der Waals surface area contributed by atoms with E-state index in [0.29, 0.717) is 24.0 Å². The van der Waals surface area contributed by atoms with E-state index < -0.39 is 0 Å². The Balaban J connectivity index is 2.14. The Kier molecular flexibility index (Phi) is 4.38. The molecule has 0 aliphatic rings. The van der Waals surface area contributed by atoms with Gasteiger partial charge in [0.1, 0.15) is 5.82 Å².